The van der Waals surface area contributed by atoms with Crippen molar-refractivity contribution >= 4 is 44.4 Å². The molecular formula is C10H8BrNOS2. The maximum atomic E-state index is 11.8. The summed E-state index contributed by atoms with van der Waals surface area (Å²) in [5.74, 6) is 0.142. The van der Waals surface area contributed by atoms with E-state index in [1.54, 1.807) is 17.5 Å². The molecular weight excluding hydrogens is 294 g/mol. The van der Waals surface area contributed by atoms with Crippen LogP contribution in [0.15, 0.2) is 22.1 Å². The number of carbonyl (C=O) groups excluding carboxylic acids is 1. The molecule has 78 valence electrons. The van der Waals surface area contributed by atoms with E-state index in [4.69, 9.17) is 0 Å². The third-order valence-corrected chi connectivity index (χ3v) is 4.79. The highest BCUT2D eigenvalue weighted by Gasteiger charge is 2.12. The maximum Gasteiger partial charge on any atom is 0.179 e. The van der Waals surface area contributed by atoms with Crippen LogP contribution in [0.4, 0.5) is 0 Å². The fraction of sp³-hybridized carbons (Fsp3) is 0.200. The average molecular weight is 302 g/mol. The Hall–Kier alpha value is -0.520. The summed E-state index contributed by atoms with van der Waals surface area (Å²) < 4.78 is 1.02. The molecule has 0 N–H and O–H groups in total. The monoisotopic (exact) mass is 301 g/mol. The van der Waals surface area contributed by atoms with Crippen molar-refractivity contribution in [1.29, 1.82) is 0 Å². The Morgan fingerprint density at radius 3 is 2.93 bits per heavy atom. The summed E-state index contributed by atoms with van der Waals surface area (Å²) in [6, 6.07) is 1.96. The van der Waals surface area contributed by atoms with Gasteiger partial charge in [-0.05, 0) is 34.3 Å². The maximum absolute atomic E-state index is 11.8. The molecule has 0 saturated heterocycles. The summed E-state index contributed by atoms with van der Waals surface area (Å²) in [5.41, 5.74) is 0. The first-order chi connectivity index (χ1) is 7.16. The second-order valence-corrected chi connectivity index (χ2v) is 6.12. The minimum atomic E-state index is 0.142. The van der Waals surface area contributed by atoms with Gasteiger partial charge in [-0.25, -0.2) is 4.98 Å². The van der Waals surface area contributed by atoms with E-state index in [-0.39, 0.29) is 5.78 Å². The predicted octanol–water partition coefficient (Wildman–Crippen LogP) is 3.70. The van der Waals surface area contributed by atoms with E-state index in [9.17, 15) is 4.79 Å². The molecule has 0 aliphatic carbocycles. The van der Waals surface area contributed by atoms with Crippen LogP contribution in [-0.2, 0) is 6.42 Å². The van der Waals surface area contributed by atoms with E-state index >= 15 is 0 Å². The number of aryl methyl sites for hydroxylation is 1. The minimum Gasteiger partial charge on any atom is -0.293 e. The van der Waals surface area contributed by atoms with Crippen molar-refractivity contribution in [2.75, 3.05) is 0 Å². The molecule has 15 heavy (non-hydrogen) atoms. The highest BCUT2D eigenvalue weighted by atomic mass is 79.9. The van der Waals surface area contributed by atoms with Gasteiger partial charge in [0.25, 0.3) is 0 Å². The zero-order valence-electron chi connectivity index (χ0n) is 7.99. The second kappa shape index (κ2) is 4.55. The van der Waals surface area contributed by atoms with Gasteiger partial charge in [-0.15, -0.1) is 22.7 Å². The molecule has 2 rings (SSSR count). The van der Waals surface area contributed by atoms with Gasteiger partial charge in [-0.2, -0.15) is 0 Å². The van der Waals surface area contributed by atoms with Gasteiger partial charge in [0.1, 0.15) is 0 Å². The Morgan fingerprint density at radius 1 is 1.60 bits per heavy atom. The molecule has 2 aromatic heterocycles. The minimum absolute atomic E-state index is 0.142. The van der Waals surface area contributed by atoms with Crippen molar-refractivity contribution in [3.63, 3.8) is 0 Å². The average Bonchev–Trinajstić information content (AvgIpc) is 2.77. The van der Waals surface area contributed by atoms with Gasteiger partial charge in [-0.1, -0.05) is 0 Å². The van der Waals surface area contributed by atoms with E-state index in [1.165, 1.54) is 11.3 Å². The van der Waals surface area contributed by atoms with Crippen LogP contribution in [0.2, 0.25) is 0 Å². The first kappa shape index (κ1) is 11.0. The highest BCUT2D eigenvalue weighted by Crippen LogP contribution is 2.25. The van der Waals surface area contributed by atoms with Crippen LogP contribution in [0.3, 0.4) is 0 Å². The number of hydrogen-bond donors (Lipinski definition) is 0. The van der Waals surface area contributed by atoms with Gasteiger partial charge in [0.2, 0.25) is 0 Å². The van der Waals surface area contributed by atoms with E-state index < -0.39 is 0 Å². The van der Waals surface area contributed by atoms with Gasteiger partial charge in [-0.3, -0.25) is 4.79 Å². The number of halogens is 1. The molecule has 2 nitrogen and oxygen atoms in total. The fourth-order valence-electron chi connectivity index (χ4n) is 1.17. The molecule has 2 heterocycles. The molecule has 0 aliphatic rings. The van der Waals surface area contributed by atoms with Gasteiger partial charge < -0.3 is 0 Å². The first-order valence-corrected chi connectivity index (χ1v) is 6.83. The van der Waals surface area contributed by atoms with Crippen LogP contribution >= 0.6 is 38.6 Å². The third-order valence-electron chi connectivity index (χ3n) is 1.91. The highest BCUT2D eigenvalue weighted by molar-refractivity contribution is 9.10. The van der Waals surface area contributed by atoms with Crippen molar-refractivity contribution in [2.45, 2.75) is 13.3 Å². The number of carbonyl (C=O) groups is 1. The summed E-state index contributed by atoms with van der Waals surface area (Å²) in [6.07, 6.45) is 2.11. The van der Waals surface area contributed by atoms with Crippen LogP contribution in [0.5, 0.6) is 0 Å². The van der Waals surface area contributed by atoms with Crippen LogP contribution < -0.4 is 0 Å². The SMILES string of the molecule is Cc1ncc(C(=O)Cc2sccc2Br)s1. The van der Waals surface area contributed by atoms with Crippen LogP contribution in [0.25, 0.3) is 0 Å². The fourth-order valence-corrected chi connectivity index (χ4v) is 3.38. The number of nitrogens with zero attached hydrogens (tertiary/aromatic N) is 1. The lowest BCUT2D eigenvalue weighted by atomic mass is 10.2. The van der Waals surface area contributed by atoms with Crippen molar-refractivity contribution in [3.8, 4) is 0 Å². The molecule has 0 spiro atoms. The molecule has 0 fully saturated rings. The molecule has 0 aromatic carbocycles. The molecule has 0 unspecified atom stereocenters. The molecule has 2 aromatic rings. The van der Waals surface area contributed by atoms with E-state index in [0.29, 0.717) is 6.42 Å². The van der Waals surface area contributed by atoms with Crippen molar-refractivity contribution < 1.29 is 4.79 Å². The van der Waals surface area contributed by atoms with E-state index in [2.05, 4.69) is 20.9 Å². The van der Waals surface area contributed by atoms with Crippen molar-refractivity contribution in [2.24, 2.45) is 0 Å². The molecule has 0 amide bonds. The van der Waals surface area contributed by atoms with Crippen LogP contribution in [0, 0.1) is 6.92 Å². The normalized spacial score (nSPS) is 10.5. The standard InChI is InChI=1S/C10H8BrNOS2/c1-6-12-5-10(15-6)8(13)4-9-7(11)2-3-14-9/h2-3,5H,4H2,1H3. The Kier molecular flexibility index (Phi) is 3.33. The number of thiazole rings is 1. The quantitative estimate of drug-likeness (QED) is 0.809. The van der Waals surface area contributed by atoms with E-state index in [1.807, 2.05) is 18.4 Å². The Balaban J connectivity index is 2.14. The summed E-state index contributed by atoms with van der Waals surface area (Å²) in [7, 11) is 0. The molecule has 5 heteroatoms. The summed E-state index contributed by atoms with van der Waals surface area (Å²) in [5, 5.41) is 2.91. The van der Waals surface area contributed by atoms with Crippen LogP contribution in [-0.4, -0.2) is 10.8 Å². The Bertz CT molecular complexity index is 489. The second-order valence-electron chi connectivity index (χ2n) is 3.04. The van der Waals surface area contributed by atoms with Crippen molar-refractivity contribution in [3.05, 3.63) is 36.9 Å². The summed E-state index contributed by atoms with van der Waals surface area (Å²) >= 11 is 6.47. The molecule has 0 radical (unpaired) electrons. The number of rotatable bonds is 3. The number of ketones is 1. The Labute approximate surface area is 104 Å². The van der Waals surface area contributed by atoms with E-state index in [0.717, 1.165) is 19.2 Å². The third kappa shape index (κ3) is 2.53. The zero-order valence-corrected chi connectivity index (χ0v) is 11.2. The lowest BCUT2D eigenvalue weighted by molar-refractivity contribution is 0.0997. The Morgan fingerprint density at radius 2 is 2.40 bits per heavy atom. The summed E-state index contributed by atoms with van der Waals surface area (Å²) in [4.78, 5) is 17.7. The lowest BCUT2D eigenvalue weighted by Crippen LogP contribution is -1.99. The largest absolute Gasteiger partial charge is 0.293 e. The summed E-state index contributed by atoms with van der Waals surface area (Å²) in [6.45, 7) is 1.91. The van der Waals surface area contributed by atoms with Gasteiger partial charge in [0.15, 0.2) is 5.78 Å². The molecule has 0 saturated carbocycles. The number of thiophene rings is 1. The zero-order chi connectivity index (χ0) is 10.8. The predicted molar refractivity (Wildman–Crippen MR) is 66.9 cm³/mol. The van der Waals surface area contributed by atoms with Gasteiger partial charge in [0, 0.05) is 22.0 Å². The number of Topliss-reactive ketones (excluding diaryl/α,β-unsaturated/α-hetero) is 1. The first-order valence-electron chi connectivity index (χ1n) is 4.34. The molecule has 0 bridgehead atoms. The molecule has 0 atom stereocenters. The van der Waals surface area contributed by atoms with Crippen LogP contribution in [0.1, 0.15) is 19.6 Å². The molecule has 0 aliphatic heterocycles. The van der Waals surface area contributed by atoms with Crippen molar-refractivity contribution in [1.82, 2.24) is 4.98 Å². The topological polar surface area (TPSA) is 30.0 Å². The van der Waals surface area contributed by atoms with Gasteiger partial charge >= 0.3 is 0 Å². The number of aromatic nitrogens is 1. The van der Waals surface area contributed by atoms with Gasteiger partial charge in [0.05, 0.1) is 9.88 Å². The smallest absolute Gasteiger partial charge is 0.179 e. The number of hydrogen-bond acceptors (Lipinski definition) is 4. The lowest BCUT2D eigenvalue weighted by Gasteiger charge is -1.95.